The average Bonchev–Trinajstić information content (AvgIpc) is 2.35. The number of hydrogen-bond donors (Lipinski definition) is 1. The van der Waals surface area contributed by atoms with Crippen LogP contribution in [0.4, 0.5) is 18.9 Å². The zero-order chi connectivity index (χ0) is 14.2. The van der Waals surface area contributed by atoms with Gasteiger partial charge in [0.15, 0.2) is 23.2 Å². The van der Waals surface area contributed by atoms with Gasteiger partial charge < -0.3 is 5.73 Å². The van der Waals surface area contributed by atoms with Crippen LogP contribution in [0, 0.1) is 17.5 Å². The summed E-state index contributed by atoms with van der Waals surface area (Å²) >= 11 is 5.81. The van der Waals surface area contributed by atoms with E-state index in [1.54, 1.807) is 0 Å². The highest BCUT2D eigenvalue weighted by molar-refractivity contribution is 6.35. The number of ketones is 1. The van der Waals surface area contributed by atoms with Crippen LogP contribution in [-0.4, -0.2) is 5.78 Å². The Hall–Kier alpha value is -2.01. The van der Waals surface area contributed by atoms with Gasteiger partial charge in [0, 0.05) is 11.3 Å². The minimum absolute atomic E-state index is 0.00846. The molecule has 19 heavy (non-hydrogen) atoms. The Kier molecular flexibility index (Phi) is 3.48. The summed E-state index contributed by atoms with van der Waals surface area (Å²) in [5.74, 6) is -5.45. The quantitative estimate of drug-likeness (QED) is 0.521. The van der Waals surface area contributed by atoms with Gasteiger partial charge >= 0.3 is 0 Å². The van der Waals surface area contributed by atoms with E-state index in [9.17, 15) is 18.0 Å². The van der Waals surface area contributed by atoms with E-state index in [0.29, 0.717) is 11.8 Å². The summed E-state index contributed by atoms with van der Waals surface area (Å²) in [6.07, 6.45) is 0. The third kappa shape index (κ3) is 2.42. The molecular weight excluding hydrogens is 279 g/mol. The molecule has 0 atom stereocenters. The van der Waals surface area contributed by atoms with Crippen LogP contribution in [0.15, 0.2) is 30.3 Å². The first-order chi connectivity index (χ1) is 8.91. The number of halogens is 4. The van der Waals surface area contributed by atoms with Gasteiger partial charge in [-0.2, -0.15) is 0 Å². The van der Waals surface area contributed by atoms with Gasteiger partial charge in [-0.3, -0.25) is 4.79 Å². The Morgan fingerprint density at radius 1 is 1.00 bits per heavy atom. The molecule has 2 aromatic carbocycles. The van der Waals surface area contributed by atoms with Crippen molar-refractivity contribution in [3.05, 3.63) is 63.9 Å². The van der Waals surface area contributed by atoms with Gasteiger partial charge in [-0.25, -0.2) is 13.2 Å². The van der Waals surface area contributed by atoms with E-state index in [2.05, 4.69) is 0 Å². The highest BCUT2D eigenvalue weighted by Gasteiger charge is 2.21. The number of carbonyl (C=O) groups is 1. The minimum atomic E-state index is -1.70. The van der Waals surface area contributed by atoms with Crippen LogP contribution < -0.4 is 5.73 Å². The fourth-order valence-electron chi connectivity index (χ4n) is 1.56. The summed E-state index contributed by atoms with van der Waals surface area (Å²) in [5.41, 5.74) is 5.15. The normalized spacial score (nSPS) is 10.5. The van der Waals surface area contributed by atoms with Crippen molar-refractivity contribution in [1.29, 1.82) is 0 Å². The lowest BCUT2D eigenvalue weighted by atomic mass is 10.0. The molecule has 0 saturated carbocycles. The Balaban J connectivity index is 2.53. The van der Waals surface area contributed by atoms with Gasteiger partial charge in [-0.1, -0.05) is 11.6 Å². The minimum Gasteiger partial charge on any atom is -0.399 e. The van der Waals surface area contributed by atoms with E-state index >= 15 is 0 Å². The summed E-state index contributed by atoms with van der Waals surface area (Å²) in [6.45, 7) is 0. The fraction of sp³-hybridized carbons (Fsp3) is 0. The van der Waals surface area contributed by atoms with E-state index in [1.165, 1.54) is 18.2 Å². The molecule has 0 spiro atoms. The van der Waals surface area contributed by atoms with Crippen molar-refractivity contribution in [2.75, 3.05) is 5.73 Å². The number of benzene rings is 2. The fourth-order valence-corrected chi connectivity index (χ4v) is 1.84. The number of nitrogen functional groups attached to an aromatic ring is 1. The Labute approximate surface area is 111 Å². The maximum absolute atomic E-state index is 13.5. The van der Waals surface area contributed by atoms with Gasteiger partial charge in [-0.05, 0) is 30.3 Å². The topological polar surface area (TPSA) is 43.1 Å². The van der Waals surface area contributed by atoms with Crippen molar-refractivity contribution < 1.29 is 18.0 Å². The van der Waals surface area contributed by atoms with Crippen molar-refractivity contribution in [3.8, 4) is 0 Å². The van der Waals surface area contributed by atoms with Crippen molar-refractivity contribution in [3.63, 3.8) is 0 Å². The van der Waals surface area contributed by atoms with Gasteiger partial charge in [0.2, 0.25) is 0 Å². The van der Waals surface area contributed by atoms with E-state index in [0.717, 1.165) is 6.07 Å². The van der Waals surface area contributed by atoms with Crippen LogP contribution in [0.2, 0.25) is 5.02 Å². The molecule has 98 valence electrons. The van der Waals surface area contributed by atoms with Gasteiger partial charge in [0.25, 0.3) is 0 Å². The van der Waals surface area contributed by atoms with Gasteiger partial charge in [0.05, 0.1) is 10.6 Å². The summed E-state index contributed by atoms with van der Waals surface area (Å²) < 4.78 is 39.4. The third-order valence-corrected chi connectivity index (χ3v) is 2.83. The maximum atomic E-state index is 13.5. The molecule has 0 bridgehead atoms. The molecule has 2 rings (SSSR count). The summed E-state index contributed by atoms with van der Waals surface area (Å²) in [5, 5.41) is 0.00846. The van der Waals surface area contributed by atoms with Crippen LogP contribution in [0.5, 0.6) is 0 Å². The monoisotopic (exact) mass is 285 g/mol. The van der Waals surface area contributed by atoms with Crippen molar-refractivity contribution in [2.24, 2.45) is 0 Å². The molecule has 0 unspecified atom stereocenters. The zero-order valence-electron chi connectivity index (χ0n) is 9.38. The highest BCUT2D eigenvalue weighted by atomic mass is 35.5. The molecule has 2 N–H and O–H groups in total. The molecule has 0 aromatic heterocycles. The van der Waals surface area contributed by atoms with Crippen LogP contribution in [0.1, 0.15) is 15.9 Å². The predicted molar refractivity (Wildman–Crippen MR) is 65.6 cm³/mol. The second-order valence-corrected chi connectivity index (χ2v) is 4.20. The lowest BCUT2D eigenvalue weighted by Crippen LogP contribution is -2.08. The van der Waals surface area contributed by atoms with Crippen molar-refractivity contribution in [2.45, 2.75) is 0 Å². The second-order valence-electron chi connectivity index (χ2n) is 3.79. The van der Waals surface area contributed by atoms with Crippen molar-refractivity contribution in [1.82, 2.24) is 0 Å². The lowest BCUT2D eigenvalue weighted by Gasteiger charge is -2.06. The molecule has 6 heteroatoms. The third-order valence-electron chi connectivity index (χ3n) is 2.52. The number of rotatable bonds is 2. The summed E-state index contributed by atoms with van der Waals surface area (Å²) in [7, 11) is 0. The van der Waals surface area contributed by atoms with Crippen LogP contribution >= 0.6 is 11.6 Å². The van der Waals surface area contributed by atoms with Crippen LogP contribution in [0.25, 0.3) is 0 Å². The molecule has 2 aromatic rings. The molecule has 0 fully saturated rings. The molecule has 0 radical (unpaired) electrons. The lowest BCUT2D eigenvalue weighted by molar-refractivity contribution is 0.103. The first-order valence-electron chi connectivity index (χ1n) is 5.15. The summed E-state index contributed by atoms with van der Waals surface area (Å²) in [6, 6.07) is 5.55. The number of carbonyl (C=O) groups excluding carboxylic acids is 1. The first-order valence-corrected chi connectivity index (χ1v) is 5.53. The maximum Gasteiger partial charge on any atom is 0.197 e. The van der Waals surface area contributed by atoms with Gasteiger partial charge in [-0.15, -0.1) is 0 Å². The van der Waals surface area contributed by atoms with E-state index in [1.807, 2.05) is 0 Å². The Morgan fingerprint density at radius 2 is 1.63 bits per heavy atom. The number of anilines is 1. The average molecular weight is 286 g/mol. The van der Waals surface area contributed by atoms with Crippen molar-refractivity contribution >= 4 is 23.1 Å². The highest BCUT2D eigenvalue weighted by Crippen LogP contribution is 2.24. The number of nitrogens with two attached hydrogens (primary N) is 1. The van der Waals surface area contributed by atoms with E-state index in [-0.39, 0.29) is 10.6 Å². The molecule has 0 saturated heterocycles. The molecular formula is C13H7ClF3NO. The smallest absolute Gasteiger partial charge is 0.197 e. The predicted octanol–water partition coefficient (Wildman–Crippen LogP) is 3.57. The Bertz CT molecular complexity index is 673. The molecule has 0 heterocycles. The molecule has 0 aliphatic heterocycles. The molecule has 0 amide bonds. The molecule has 0 aliphatic rings. The Morgan fingerprint density at radius 3 is 2.26 bits per heavy atom. The van der Waals surface area contributed by atoms with Gasteiger partial charge in [0.1, 0.15) is 0 Å². The summed E-state index contributed by atoms with van der Waals surface area (Å²) in [4.78, 5) is 12.0. The zero-order valence-corrected chi connectivity index (χ0v) is 10.1. The largest absolute Gasteiger partial charge is 0.399 e. The second kappa shape index (κ2) is 4.93. The van der Waals surface area contributed by atoms with E-state index in [4.69, 9.17) is 17.3 Å². The molecule has 2 nitrogen and oxygen atoms in total. The standard InChI is InChI=1S/C13H7ClF3NO/c14-9-5-6(18)1-2-7(9)13(19)8-3-4-10(15)12(17)11(8)16/h1-5H,18H2. The first kappa shape index (κ1) is 13.4. The number of hydrogen-bond acceptors (Lipinski definition) is 2. The SMILES string of the molecule is Nc1ccc(C(=O)c2ccc(F)c(F)c2F)c(Cl)c1. The van der Waals surface area contributed by atoms with Crippen LogP contribution in [0.3, 0.4) is 0 Å². The van der Waals surface area contributed by atoms with Crippen LogP contribution in [-0.2, 0) is 0 Å². The van der Waals surface area contributed by atoms with E-state index < -0.39 is 28.8 Å². The molecule has 0 aliphatic carbocycles.